The highest BCUT2D eigenvalue weighted by molar-refractivity contribution is 5.98. The summed E-state index contributed by atoms with van der Waals surface area (Å²) in [5.74, 6) is -1.05. The van der Waals surface area contributed by atoms with E-state index in [0.29, 0.717) is 10.5 Å². The van der Waals surface area contributed by atoms with Gasteiger partial charge >= 0.3 is 5.97 Å². The molecule has 0 fully saturated rings. The maximum absolute atomic E-state index is 5.15. The predicted molar refractivity (Wildman–Crippen MR) is 44.2 cm³/mol. The molecule has 1 atom stereocenters. The molecule has 1 unspecified atom stereocenters. The minimum absolute atomic E-state index is 0.214. The standard InChI is InChI=1S/C6H16O4Si/c1-5(10-11)6(7-2,8-3)9-4/h5H,1-4,11H3. The van der Waals surface area contributed by atoms with Gasteiger partial charge < -0.3 is 18.6 Å². The molecule has 0 aromatic carbocycles. The number of hydrogen-bond donors (Lipinski definition) is 0. The van der Waals surface area contributed by atoms with Crippen molar-refractivity contribution in [3.05, 3.63) is 0 Å². The molecule has 0 amide bonds. The Hall–Kier alpha value is 0.0569. The van der Waals surface area contributed by atoms with Crippen LogP contribution in [0.1, 0.15) is 6.92 Å². The van der Waals surface area contributed by atoms with E-state index in [1.54, 1.807) is 0 Å². The Morgan fingerprint density at radius 1 is 1.09 bits per heavy atom. The van der Waals surface area contributed by atoms with Gasteiger partial charge in [-0.3, -0.25) is 0 Å². The lowest BCUT2D eigenvalue weighted by atomic mass is 10.3. The number of methoxy groups -OCH3 is 3. The summed E-state index contributed by atoms with van der Waals surface area (Å²) >= 11 is 0. The van der Waals surface area contributed by atoms with Crippen LogP contribution in [0.15, 0.2) is 0 Å². The summed E-state index contributed by atoms with van der Waals surface area (Å²) < 4.78 is 20.3. The Bertz CT molecular complexity index is 96.5. The lowest BCUT2D eigenvalue weighted by Gasteiger charge is -2.33. The molecule has 0 N–H and O–H groups in total. The third-order valence-electron chi connectivity index (χ3n) is 1.70. The highest BCUT2D eigenvalue weighted by Gasteiger charge is 2.36. The number of ether oxygens (including phenoxy) is 3. The van der Waals surface area contributed by atoms with E-state index in [4.69, 9.17) is 18.6 Å². The summed E-state index contributed by atoms with van der Waals surface area (Å²) in [5.41, 5.74) is 0. The molecule has 0 rings (SSSR count). The van der Waals surface area contributed by atoms with Crippen LogP contribution >= 0.6 is 0 Å². The molecule has 4 nitrogen and oxygen atoms in total. The van der Waals surface area contributed by atoms with Gasteiger partial charge in [-0.1, -0.05) is 0 Å². The van der Waals surface area contributed by atoms with Crippen LogP contribution in [-0.2, 0) is 18.6 Å². The highest BCUT2D eigenvalue weighted by Crippen LogP contribution is 2.18. The molecule has 0 bridgehead atoms. The Kier molecular flexibility index (Phi) is 4.86. The molecule has 0 heterocycles. The second-order valence-electron chi connectivity index (χ2n) is 2.09. The van der Waals surface area contributed by atoms with Crippen molar-refractivity contribution in [1.82, 2.24) is 0 Å². The molecule has 0 aliphatic carbocycles. The number of rotatable bonds is 5. The van der Waals surface area contributed by atoms with Crippen molar-refractivity contribution in [2.24, 2.45) is 0 Å². The van der Waals surface area contributed by atoms with Gasteiger partial charge in [0.25, 0.3) is 0 Å². The monoisotopic (exact) mass is 180 g/mol. The van der Waals surface area contributed by atoms with E-state index >= 15 is 0 Å². The fraction of sp³-hybridized carbons (Fsp3) is 1.00. The average molecular weight is 180 g/mol. The Balaban J connectivity index is 4.26. The molecule has 11 heavy (non-hydrogen) atoms. The van der Waals surface area contributed by atoms with Gasteiger partial charge in [-0.2, -0.15) is 0 Å². The summed E-state index contributed by atoms with van der Waals surface area (Å²) in [6.45, 7) is 1.84. The van der Waals surface area contributed by atoms with Crippen LogP contribution in [0.4, 0.5) is 0 Å². The van der Waals surface area contributed by atoms with Crippen LogP contribution in [0.25, 0.3) is 0 Å². The van der Waals surface area contributed by atoms with E-state index in [1.165, 1.54) is 21.3 Å². The molecule has 0 saturated heterocycles. The molecule has 0 spiro atoms. The van der Waals surface area contributed by atoms with Crippen molar-refractivity contribution in [3.63, 3.8) is 0 Å². The molecule has 0 aromatic heterocycles. The van der Waals surface area contributed by atoms with Crippen molar-refractivity contribution >= 4 is 10.5 Å². The van der Waals surface area contributed by atoms with Crippen LogP contribution in [0.3, 0.4) is 0 Å². The summed E-state index contributed by atoms with van der Waals surface area (Å²) in [7, 11) is 5.18. The maximum atomic E-state index is 5.15. The van der Waals surface area contributed by atoms with Gasteiger partial charge in [0.1, 0.15) is 16.6 Å². The van der Waals surface area contributed by atoms with Crippen LogP contribution < -0.4 is 0 Å². The van der Waals surface area contributed by atoms with Gasteiger partial charge in [0.2, 0.25) is 0 Å². The molecule has 0 aliphatic rings. The first-order valence-electron chi connectivity index (χ1n) is 3.35. The average Bonchev–Trinajstić information content (AvgIpc) is 2.08. The first kappa shape index (κ1) is 11.1. The van der Waals surface area contributed by atoms with Gasteiger partial charge in [0.05, 0.1) is 0 Å². The fourth-order valence-corrected chi connectivity index (χ4v) is 1.18. The van der Waals surface area contributed by atoms with E-state index in [9.17, 15) is 0 Å². The Morgan fingerprint density at radius 2 is 1.45 bits per heavy atom. The summed E-state index contributed by atoms with van der Waals surface area (Å²) in [6.07, 6.45) is -0.214. The van der Waals surface area contributed by atoms with Gasteiger partial charge in [-0.25, -0.2) is 0 Å². The van der Waals surface area contributed by atoms with E-state index in [-0.39, 0.29) is 6.10 Å². The molecular weight excluding hydrogens is 164 g/mol. The number of hydrogen-bond acceptors (Lipinski definition) is 4. The highest BCUT2D eigenvalue weighted by atomic mass is 28.2. The van der Waals surface area contributed by atoms with Crippen LogP contribution in [0.5, 0.6) is 0 Å². The summed E-state index contributed by atoms with van der Waals surface area (Å²) in [5, 5.41) is 0. The van der Waals surface area contributed by atoms with Gasteiger partial charge in [-0.05, 0) is 6.92 Å². The molecular formula is C6H16O4Si. The van der Waals surface area contributed by atoms with Crippen molar-refractivity contribution in [2.45, 2.75) is 19.0 Å². The molecule has 0 aliphatic heterocycles. The van der Waals surface area contributed by atoms with Crippen LogP contribution in [0.2, 0.25) is 0 Å². The molecule has 68 valence electrons. The molecule has 0 radical (unpaired) electrons. The first-order valence-corrected chi connectivity index (χ1v) is 4.16. The SMILES string of the molecule is COC(OC)(OC)C(C)O[SiH3]. The lowest BCUT2D eigenvalue weighted by Crippen LogP contribution is -2.47. The molecule has 5 heteroatoms. The van der Waals surface area contributed by atoms with Crippen molar-refractivity contribution in [1.29, 1.82) is 0 Å². The minimum Gasteiger partial charge on any atom is -0.417 e. The fourth-order valence-electron chi connectivity index (χ4n) is 0.892. The zero-order chi connectivity index (χ0) is 8.91. The van der Waals surface area contributed by atoms with E-state index < -0.39 is 5.97 Å². The van der Waals surface area contributed by atoms with Crippen LogP contribution in [-0.4, -0.2) is 43.9 Å². The summed E-state index contributed by atoms with van der Waals surface area (Å²) in [6, 6.07) is 0. The van der Waals surface area contributed by atoms with E-state index in [2.05, 4.69) is 0 Å². The Morgan fingerprint density at radius 3 is 1.55 bits per heavy atom. The zero-order valence-electron chi connectivity index (χ0n) is 7.71. The first-order chi connectivity index (χ1) is 5.16. The topological polar surface area (TPSA) is 36.9 Å². The normalized spacial score (nSPS) is 15.3. The van der Waals surface area contributed by atoms with E-state index in [1.807, 2.05) is 6.92 Å². The molecule has 0 saturated carbocycles. The van der Waals surface area contributed by atoms with Gasteiger partial charge in [0.15, 0.2) is 0 Å². The summed E-state index contributed by atoms with van der Waals surface area (Å²) in [4.78, 5) is 0. The zero-order valence-corrected chi connectivity index (χ0v) is 9.71. The third kappa shape index (κ3) is 2.24. The Labute approximate surface area is 70.3 Å². The maximum Gasteiger partial charge on any atom is 0.308 e. The van der Waals surface area contributed by atoms with E-state index in [0.717, 1.165) is 0 Å². The van der Waals surface area contributed by atoms with Crippen LogP contribution in [0, 0.1) is 0 Å². The van der Waals surface area contributed by atoms with Crippen molar-refractivity contribution < 1.29 is 18.6 Å². The second-order valence-corrected chi connectivity index (χ2v) is 2.57. The third-order valence-corrected chi connectivity index (χ3v) is 2.41. The predicted octanol–water partition coefficient (Wildman–Crippen LogP) is -0.735. The van der Waals surface area contributed by atoms with Crippen molar-refractivity contribution in [3.8, 4) is 0 Å². The van der Waals surface area contributed by atoms with Gasteiger partial charge in [-0.15, -0.1) is 0 Å². The van der Waals surface area contributed by atoms with Crippen molar-refractivity contribution in [2.75, 3.05) is 21.3 Å². The lowest BCUT2D eigenvalue weighted by molar-refractivity contribution is -0.381. The van der Waals surface area contributed by atoms with Gasteiger partial charge in [0, 0.05) is 21.3 Å². The smallest absolute Gasteiger partial charge is 0.308 e. The largest absolute Gasteiger partial charge is 0.417 e. The molecule has 0 aromatic rings. The minimum atomic E-state index is -1.05. The second kappa shape index (κ2) is 4.84. The quantitative estimate of drug-likeness (QED) is 0.413.